The van der Waals surface area contributed by atoms with Gasteiger partial charge >= 0.3 is 39.6 Å². The monoisotopic (exact) mass is 271 g/mol. The van der Waals surface area contributed by atoms with E-state index >= 15 is 0 Å². The van der Waals surface area contributed by atoms with Crippen LogP contribution in [0.3, 0.4) is 0 Å². The maximum absolute atomic E-state index is 8.52. The fraction of sp³-hybridized carbons (Fsp3) is 0. The Bertz CT molecular complexity index is 153. The van der Waals surface area contributed by atoms with Crippen LogP contribution in [0.1, 0.15) is 0 Å². The molecule has 0 fully saturated rings. The Kier molecular flexibility index (Phi) is 15.4. The molecular formula is CuO6SSe. The van der Waals surface area contributed by atoms with Crippen molar-refractivity contribution in [1.29, 1.82) is 0 Å². The maximum atomic E-state index is 8.52. The summed E-state index contributed by atoms with van der Waals surface area (Å²) in [5.74, 6) is 0. The Morgan fingerprint density at radius 1 is 1.11 bits per heavy atom. The summed E-state index contributed by atoms with van der Waals surface area (Å²) in [6.07, 6.45) is 0. The van der Waals surface area contributed by atoms with E-state index in [9.17, 15) is 0 Å². The quantitative estimate of drug-likeness (QED) is 0.287. The van der Waals surface area contributed by atoms with Crippen LogP contribution in [0.4, 0.5) is 0 Å². The van der Waals surface area contributed by atoms with Crippen molar-refractivity contribution >= 4 is 25.2 Å². The molecule has 0 unspecified atom stereocenters. The summed E-state index contributed by atoms with van der Waals surface area (Å²) in [5, 5.41) is 0. The first-order valence-corrected chi connectivity index (χ1v) is 3.73. The van der Waals surface area contributed by atoms with Crippen molar-refractivity contribution in [3.63, 3.8) is 0 Å². The third kappa shape index (κ3) is 1390. The molecule has 0 atom stereocenters. The second kappa shape index (κ2) is 8.51. The van der Waals surface area contributed by atoms with Gasteiger partial charge in [-0.3, -0.25) is 8.42 Å². The van der Waals surface area contributed by atoms with E-state index in [4.69, 9.17) is 25.2 Å². The molecule has 0 N–H and O–H groups in total. The molecule has 59 valence electrons. The largest absolute Gasteiger partial charge is 2.00 e. The number of hydrogen-bond donors (Lipinski definition) is 0. The zero-order chi connectivity index (χ0) is 7.21. The summed E-state index contributed by atoms with van der Waals surface area (Å²) in [4.78, 5) is 0. The van der Waals surface area contributed by atoms with Crippen LogP contribution in [0.5, 0.6) is 0 Å². The van der Waals surface area contributed by atoms with Crippen LogP contribution < -0.4 is 0 Å². The van der Waals surface area contributed by atoms with E-state index < -0.39 is 25.2 Å². The van der Waals surface area contributed by atoms with Crippen LogP contribution in [0.25, 0.3) is 0 Å². The normalized spacial score (nSPS) is 7.78. The second-order valence-electron chi connectivity index (χ2n) is 0.476. The average Bonchev–Trinajstić information content (AvgIpc) is 1.27. The van der Waals surface area contributed by atoms with Gasteiger partial charge in [-0.05, 0) is 0 Å². The van der Waals surface area contributed by atoms with E-state index in [0.717, 1.165) is 0 Å². The predicted molar refractivity (Wildman–Crippen MR) is 17.6 cm³/mol. The van der Waals surface area contributed by atoms with Gasteiger partial charge < -0.3 is 9.11 Å². The Balaban J connectivity index is -0.0000000800. The molecule has 0 bridgehead atoms. The van der Waals surface area contributed by atoms with Crippen molar-refractivity contribution < 1.29 is 42.3 Å². The SMILES string of the molecule is O=S(=O)([O-])[O-].O=[Se]=O.[Cu+2]. The summed E-state index contributed by atoms with van der Waals surface area (Å²) in [5.41, 5.74) is 0. The van der Waals surface area contributed by atoms with Gasteiger partial charge in [0.05, 0.1) is 0 Å². The van der Waals surface area contributed by atoms with Gasteiger partial charge in [0.1, 0.15) is 0 Å². The van der Waals surface area contributed by atoms with Crippen LogP contribution in [0.15, 0.2) is 0 Å². The van der Waals surface area contributed by atoms with Crippen LogP contribution >= 0.6 is 0 Å². The van der Waals surface area contributed by atoms with Gasteiger partial charge in [0, 0.05) is 10.4 Å². The molecular weight excluding hydrogens is 271 g/mol. The predicted octanol–water partition coefficient (Wildman–Crippen LogP) is -1.96. The van der Waals surface area contributed by atoms with Crippen molar-refractivity contribution in [1.82, 2.24) is 0 Å². The Labute approximate surface area is 67.6 Å². The van der Waals surface area contributed by atoms with Crippen LogP contribution in [0, 0.1) is 0 Å². The summed E-state index contributed by atoms with van der Waals surface area (Å²) < 4.78 is 51.0. The topological polar surface area (TPSA) is 114 Å². The van der Waals surface area contributed by atoms with Crippen LogP contribution in [0.2, 0.25) is 0 Å². The molecule has 0 aromatic rings. The molecule has 0 aromatic heterocycles. The zero-order valence-corrected chi connectivity index (χ0v) is 7.04. The maximum Gasteiger partial charge on any atom is 2.00 e. The molecule has 9 heteroatoms. The van der Waals surface area contributed by atoms with Crippen LogP contribution in [-0.4, -0.2) is 32.3 Å². The Hall–Kier alpha value is 0.509. The van der Waals surface area contributed by atoms with Gasteiger partial charge in [0.15, 0.2) is 0 Å². The van der Waals surface area contributed by atoms with E-state index in [1.54, 1.807) is 0 Å². The van der Waals surface area contributed by atoms with Crippen molar-refractivity contribution in [3.05, 3.63) is 0 Å². The van der Waals surface area contributed by atoms with Crippen molar-refractivity contribution in [2.75, 3.05) is 0 Å². The molecule has 0 heterocycles. The van der Waals surface area contributed by atoms with Crippen molar-refractivity contribution in [2.45, 2.75) is 0 Å². The minimum Gasteiger partial charge on any atom is 2.00 e. The van der Waals surface area contributed by atoms with E-state index in [1.165, 1.54) is 0 Å². The Morgan fingerprint density at radius 2 is 1.11 bits per heavy atom. The Morgan fingerprint density at radius 3 is 1.11 bits per heavy atom. The van der Waals surface area contributed by atoms with Gasteiger partial charge in [-0.25, -0.2) is 0 Å². The van der Waals surface area contributed by atoms with Gasteiger partial charge in [-0.1, -0.05) is 0 Å². The van der Waals surface area contributed by atoms with E-state index in [-0.39, 0.29) is 17.1 Å². The van der Waals surface area contributed by atoms with Crippen LogP contribution in [-0.2, 0) is 35.1 Å². The molecule has 0 aromatic carbocycles. The first-order chi connectivity index (χ1) is 3.41. The summed E-state index contributed by atoms with van der Waals surface area (Å²) in [6.45, 7) is 0. The second-order valence-corrected chi connectivity index (χ2v) is 1.58. The molecule has 9 heavy (non-hydrogen) atoms. The standard InChI is InChI=1S/Cu.H2O4S.O2Se/c;1-5(2,3)4;1-3-2/h;(H2,1,2,3,4);/q+2;;/p-2. The van der Waals surface area contributed by atoms with Gasteiger partial charge in [0.2, 0.25) is 0 Å². The molecule has 0 spiro atoms. The molecule has 0 aliphatic rings. The molecule has 0 saturated carbocycles. The summed E-state index contributed by atoms with van der Waals surface area (Å²) >= 11 is -1.62. The first-order valence-electron chi connectivity index (χ1n) is 1.00. The zero-order valence-electron chi connectivity index (χ0n) is 3.57. The smallest absolute Gasteiger partial charge is 2.00 e. The van der Waals surface area contributed by atoms with E-state index in [1.807, 2.05) is 0 Å². The van der Waals surface area contributed by atoms with Crippen molar-refractivity contribution in [2.24, 2.45) is 0 Å². The van der Waals surface area contributed by atoms with E-state index in [0.29, 0.717) is 0 Å². The average molecular weight is 271 g/mol. The molecule has 0 rings (SSSR count). The molecule has 0 amide bonds. The molecule has 1 radical (unpaired) electrons. The van der Waals surface area contributed by atoms with Crippen molar-refractivity contribution in [3.8, 4) is 0 Å². The first kappa shape index (κ1) is 16.3. The van der Waals surface area contributed by atoms with E-state index in [2.05, 4.69) is 0 Å². The number of rotatable bonds is 0. The third-order valence-electron chi connectivity index (χ3n) is 0. The summed E-state index contributed by atoms with van der Waals surface area (Å²) in [7, 11) is -5.17. The summed E-state index contributed by atoms with van der Waals surface area (Å²) in [6, 6.07) is 0. The molecule has 0 aliphatic carbocycles. The van der Waals surface area contributed by atoms with Gasteiger partial charge in [0.25, 0.3) is 0 Å². The number of hydrogen-bond acceptors (Lipinski definition) is 6. The fourth-order valence-electron chi connectivity index (χ4n) is 0. The van der Waals surface area contributed by atoms with Gasteiger partial charge in [-0.15, -0.1) is 0 Å². The molecule has 0 aliphatic heterocycles. The third-order valence-corrected chi connectivity index (χ3v) is 0. The minimum atomic E-state index is -5.17. The molecule has 6 nitrogen and oxygen atoms in total. The van der Waals surface area contributed by atoms with Gasteiger partial charge in [-0.2, -0.15) is 0 Å². The molecule has 0 saturated heterocycles. The minimum absolute atomic E-state index is 0. The fourth-order valence-corrected chi connectivity index (χ4v) is 0.